The number of hydrogen-bond donors (Lipinski definition) is 2. The van der Waals surface area contributed by atoms with E-state index in [2.05, 4.69) is 10.6 Å². The Labute approximate surface area is 181 Å². The molecule has 0 aliphatic carbocycles. The van der Waals surface area contributed by atoms with Gasteiger partial charge in [-0.1, -0.05) is 23.7 Å². The van der Waals surface area contributed by atoms with Gasteiger partial charge in [-0.2, -0.15) is 0 Å². The molecule has 0 spiro atoms. The Morgan fingerprint density at radius 1 is 1.03 bits per heavy atom. The van der Waals surface area contributed by atoms with Gasteiger partial charge < -0.3 is 10.1 Å². The Kier molecular flexibility index (Phi) is 6.72. The van der Waals surface area contributed by atoms with Crippen LogP contribution in [0.15, 0.2) is 48.5 Å². The van der Waals surface area contributed by atoms with E-state index in [1.807, 2.05) is 50.2 Å². The fourth-order valence-electron chi connectivity index (χ4n) is 3.17. The third-order valence-corrected chi connectivity index (χ3v) is 4.81. The Balaban J connectivity index is 1.82. The summed E-state index contributed by atoms with van der Waals surface area (Å²) in [6.45, 7) is 7.85. The summed E-state index contributed by atoms with van der Waals surface area (Å²) < 4.78 is 5.66. The second-order valence-corrected chi connectivity index (χ2v) is 8.12. The van der Waals surface area contributed by atoms with E-state index < -0.39 is 12.3 Å². The predicted octanol–water partition coefficient (Wildman–Crippen LogP) is 4.88. The summed E-state index contributed by atoms with van der Waals surface area (Å²) in [7, 11) is 0. The van der Waals surface area contributed by atoms with Gasteiger partial charge in [-0.3, -0.25) is 10.2 Å². The number of ether oxygens (including phenoxy) is 1. The van der Waals surface area contributed by atoms with E-state index in [1.54, 1.807) is 30.9 Å². The molecule has 1 aliphatic heterocycles. The number of nitrogens with zero attached hydrogens (tertiary/aromatic N) is 2. The van der Waals surface area contributed by atoms with Crippen molar-refractivity contribution in [2.45, 2.75) is 52.7 Å². The van der Waals surface area contributed by atoms with E-state index in [-0.39, 0.29) is 18.2 Å². The van der Waals surface area contributed by atoms with Crippen molar-refractivity contribution in [1.82, 2.24) is 15.1 Å². The van der Waals surface area contributed by atoms with Crippen molar-refractivity contribution >= 4 is 29.4 Å². The van der Waals surface area contributed by atoms with Gasteiger partial charge in [0.05, 0.1) is 12.6 Å². The molecule has 2 aromatic rings. The molecule has 160 valence electrons. The van der Waals surface area contributed by atoms with Crippen molar-refractivity contribution in [1.29, 1.82) is 0 Å². The third-order valence-electron chi connectivity index (χ3n) is 4.55. The monoisotopic (exact) mass is 430 g/mol. The van der Waals surface area contributed by atoms with Gasteiger partial charge in [0.1, 0.15) is 5.75 Å². The highest BCUT2D eigenvalue weighted by molar-refractivity contribution is 6.30. The molecular formula is C22H27ClN4O3. The van der Waals surface area contributed by atoms with E-state index in [0.717, 1.165) is 17.0 Å². The molecule has 1 saturated heterocycles. The molecule has 1 heterocycles. The molecule has 8 heteroatoms. The van der Waals surface area contributed by atoms with Crippen LogP contribution in [0.5, 0.6) is 5.75 Å². The number of rotatable bonds is 7. The average Bonchev–Trinajstić information content (AvgIpc) is 2.67. The summed E-state index contributed by atoms with van der Waals surface area (Å²) in [5, 5.41) is 6.73. The molecular weight excluding hydrogens is 404 g/mol. The lowest BCUT2D eigenvalue weighted by Gasteiger charge is -2.42. The van der Waals surface area contributed by atoms with Crippen LogP contribution in [0.4, 0.5) is 15.3 Å². The molecule has 1 atom stereocenters. The van der Waals surface area contributed by atoms with E-state index in [1.165, 1.54) is 4.90 Å². The van der Waals surface area contributed by atoms with Crippen molar-refractivity contribution < 1.29 is 14.3 Å². The van der Waals surface area contributed by atoms with Crippen LogP contribution in [-0.4, -0.2) is 40.3 Å². The van der Waals surface area contributed by atoms with Crippen LogP contribution in [0, 0.1) is 0 Å². The maximum atomic E-state index is 13.1. The number of anilines is 1. The molecule has 7 nitrogen and oxygen atoms in total. The molecule has 1 aliphatic rings. The molecule has 1 unspecified atom stereocenters. The van der Waals surface area contributed by atoms with Crippen molar-refractivity contribution in [2.24, 2.45) is 0 Å². The lowest BCUT2D eigenvalue weighted by Crippen LogP contribution is -2.68. The number of amides is 4. The van der Waals surface area contributed by atoms with Crippen LogP contribution < -0.4 is 15.4 Å². The number of benzene rings is 2. The SMILES string of the molecule is CC(C)Oc1ccc(NC2NC(=O)N(C(C)C)C(=O)N2Cc2ccc(Cl)cc2)cc1. The van der Waals surface area contributed by atoms with Crippen LogP contribution >= 0.6 is 11.6 Å². The second-order valence-electron chi connectivity index (χ2n) is 7.69. The van der Waals surface area contributed by atoms with Gasteiger partial charge in [0.2, 0.25) is 0 Å². The largest absolute Gasteiger partial charge is 0.491 e. The minimum absolute atomic E-state index is 0.0796. The second kappa shape index (κ2) is 9.26. The minimum atomic E-state index is -0.701. The summed E-state index contributed by atoms with van der Waals surface area (Å²) in [5.41, 5.74) is 1.66. The zero-order chi connectivity index (χ0) is 21.8. The lowest BCUT2D eigenvalue weighted by molar-refractivity contribution is 0.0975. The molecule has 0 saturated carbocycles. The molecule has 4 amide bonds. The molecule has 0 radical (unpaired) electrons. The van der Waals surface area contributed by atoms with E-state index in [9.17, 15) is 9.59 Å². The first-order chi connectivity index (χ1) is 14.2. The van der Waals surface area contributed by atoms with Crippen LogP contribution in [0.3, 0.4) is 0 Å². The number of carbonyl (C=O) groups excluding carboxylic acids is 2. The first-order valence-corrected chi connectivity index (χ1v) is 10.3. The van der Waals surface area contributed by atoms with E-state index >= 15 is 0 Å². The van der Waals surface area contributed by atoms with Gasteiger partial charge in [-0.05, 0) is 69.7 Å². The number of halogens is 1. The number of hydrogen-bond acceptors (Lipinski definition) is 4. The zero-order valence-electron chi connectivity index (χ0n) is 17.6. The number of urea groups is 2. The quantitative estimate of drug-likeness (QED) is 0.656. The highest BCUT2D eigenvalue weighted by atomic mass is 35.5. The number of carbonyl (C=O) groups is 2. The summed E-state index contributed by atoms with van der Waals surface area (Å²) in [4.78, 5) is 28.5. The molecule has 0 bridgehead atoms. The van der Waals surface area contributed by atoms with Crippen molar-refractivity contribution in [3.63, 3.8) is 0 Å². The smallest absolute Gasteiger partial charge is 0.331 e. The van der Waals surface area contributed by atoms with Crippen molar-refractivity contribution in [3.05, 3.63) is 59.1 Å². The molecule has 0 aromatic heterocycles. The first kappa shape index (κ1) is 21.8. The van der Waals surface area contributed by atoms with Gasteiger partial charge >= 0.3 is 12.1 Å². The van der Waals surface area contributed by atoms with E-state index in [0.29, 0.717) is 11.6 Å². The van der Waals surface area contributed by atoms with Crippen LogP contribution in [0.2, 0.25) is 5.02 Å². The highest BCUT2D eigenvalue weighted by Crippen LogP contribution is 2.22. The van der Waals surface area contributed by atoms with Gasteiger partial charge in [-0.15, -0.1) is 0 Å². The Hall–Kier alpha value is -2.93. The molecule has 3 rings (SSSR count). The van der Waals surface area contributed by atoms with Crippen molar-refractivity contribution in [2.75, 3.05) is 5.32 Å². The summed E-state index contributed by atoms with van der Waals surface area (Å²) >= 11 is 5.98. The normalized spacial score (nSPS) is 16.8. The maximum absolute atomic E-state index is 13.1. The average molecular weight is 431 g/mol. The van der Waals surface area contributed by atoms with Gasteiger partial charge in [0, 0.05) is 16.8 Å². The maximum Gasteiger partial charge on any atom is 0.331 e. The zero-order valence-corrected chi connectivity index (χ0v) is 18.3. The molecule has 30 heavy (non-hydrogen) atoms. The van der Waals surface area contributed by atoms with Crippen LogP contribution in [0.1, 0.15) is 33.3 Å². The van der Waals surface area contributed by atoms with Gasteiger partial charge in [0.15, 0.2) is 6.29 Å². The predicted molar refractivity (Wildman–Crippen MR) is 118 cm³/mol. The fraction of sp³-hybridized carbons (Fsp3) is 0.364. The molecule has 2 N–H and O–H groups in total. The highest BCUT2D eigenvalue weighted by Gasteiger charge is 2.39. The Morgan fingerprint density at radius 2 is 1.67 bits per heavy atom. The summed E-state index contributed by atoms with van der Waals surface area (Å²) in [6.07, 6.45) is -0.622. The van der Waals surface area contributed by atoms with Crippen LogP contribution in [-0.2, 0) is 6.54 Å². The van der Waals surface area contributed by atoms with Crippen LogP contribution in [0.25, 0.3) is 0 Å². The van der Waals surface area contributed by atoms with Gasteiger partial charge in [-0.25, -0.2) is 14.5 Å². The lowest BCUT2D eigenvalue weighted by atomic mass is 10.2. The number of imide groups is 1. The summed E-state index contributed by atoms with van der Waals surface area (Å²) in [6, 6.07) is 13.6. The first-order valence-electron chi connectivity index (χ1n) is 9.92. The Bertz CT molecular complexity index is 884. The minimum Gasteiger partial charge on any atom is -0.491 e. The third kappa shape index (κ3) is 5.16. The molecule has 2 aromatic carbocycles. The van der Waals surface area contributed by atoms with Crippen molar-refractivity contribution in [3.8, 4) is 5.75 Å². The fourth-order valence-corrected chi connectivity index (χ4v) is 3.30. The number of nitrogens with one attached hydrogen (secondary N) is 2. The van der Waals surface area contributed by atoms with E-state index in [4.69, 9.17) is 16.3 Å². The topological polar surface area (TPSA) is 73.9 Å². The molecule has 1 fully saturated rings. The summed E-state index contributed by atoms with van der Waals surface area (Å²) in [5.74, 6) is 0.753. The Morgan fingerprint density at radius 3 is 2.23 bits per heavy atom. The van der Waals surface area contributed by atoms with Gasteiger partial charge in [0.25, 0.3) is 0 Å². The standard InChI is InChI=1S/C22H27ClN4O3/c1-14(2)27-21(28)25-20(24-18-9-11-19(12-10-18)30-15(3)4)26(22(27)29)13-16-5-7-17(23)8-6-16/h5-12,14-15,20,24H,13H2,1-4H3,(H,25,28).